The maximum absolute atomic E-state index is 12.5. The number of fused-ring (bicyclic) bond motifs is 1. The lowest BCUT2D eigenvalue weighted by Gasteiger charge is -2.10. The number of hydrazone groups is 1. The van der Waals surface area contributed by atoms with Crippen molar-refractivity contribution in [2.45, 2.75) is 45.4 Å². The second-order valence-electron chi connectivity index (χ2n) is 7.87. The molecule has 1 amide bonds. The van der Waals surface area contributed by atoms with Gasteiger partial charge in [-0.05, 0) is 56.7 Å². The molecular formula is C25H23N5OS. The van der Waals surface area contributed by atoms with E-state index < -0.39 is 11.8 Å². The SMILES string of the molecule is Cc1cc(/C=N\NC(=O)[C@@H](C#N)c2ccccc2)c(C)n1-c1sc2c(c1C#N)CCCC2. The van der Waals surface area contributed by atoms with E-state index in [-0.39, 0.29) is 0 Å². The molecular weight excluding hydrogens is 418 g/mol. The number of amides is 1. The Hall–Kier alpha value is -3.68. The monoisotopic (exact) mass is 441 g/mol. The van der Waals surface area contributed by atoms with Gasteiger partial charge in [0.1, 0.15) is 11.1 Å². The van der Waals surface area contributed by atoms with Crippen molar-refractivity contribution in [1.29, 1.82) is 10.5 Å². The zero-order valence-corrected chi connectivity index (χ0v) is 18.9. The van der Waals surface area contributed by atoms with Crippen molar-refractivity contribution in [3.05, 3.63) is 74.9 Å². The molecule has 32 heavy (non-hydrogen) atoms. The van der Waals surface area contributed by atoms with E-state index in [1.807, 2.05) is 32.0 Å². The van der Waals surface area contributed by atoms with Crippen LogP contribution in [0, 0.1) is 36.5 Å². The number of hydrogen-bond donors (Lipinski definition) is 1. The highest BCUT2D eigenvalue weighted by molar-refractivity contribution is 7.15. The van der Waals surface area contributed by atoms with Crippen LogP contribution in [-0.2, 0) is 17.6 Å². The Morgan fingerprint density at radius 2 is 1.97 bits per heavy atom. The van der Waals surface area contributed by atoms with Gasteiger partial charge in [-0.3, -0.25) is 4.79 Å². The van der Waals surface area contributed by atoms with Crippen LogP contribution >= 0.6 is 11.3 Å². The molecule has 3 aromatic rings. The van der Waals surface area contributed by atoms with Crippen molar-refractivity contribution in [3.63, 3.8) is 0 Å². The zero-order valence-electron chi connectivity index (χ0n) is 18.1. The van der Waals surface area contributed by atoms with E-state index in [0.29, 0.717) is 5.56 Å². The number of nitriles is 2. The Kier molecular flexibility index (Phi) is 6.20. The first-order valence-electron chi connectivity index (χ1n) is 10.6. The van der Waals surface area contributed by atoms with Gasteiger partial charge in [-0.25, -0.2) is 5.43 Å². The Morgan fingerprint density at radius 3 is 2.69 bits per heavy atom. The molecule has 1 N–H and O–H groups in total. The van der Waals surface area contributed by atoms with Gasteiger partial charge in [-0.2, -0.15) is 15.6 Å². The van der Waals surface area contributed by atoms with Gasteiger partial charge >= 0.3 is 0 Å². The number of hydrogen-bond acceptors (Lipinski definition) is 5. The molecule has 2 aromatic heterocycles. The highest BCUT2D eigenvalue weighted by Crippen LogP contribution is 2.38. The molecule has 2 heterocycles. The molecule has 1 atom stereocenters. The molecule has 0 saturated carbocycles. The van der Waals surface area contributed by atoms with Gasteiger partial charge in [0.15, 0.2) is 5.92 Å². The molecule has 1 aliphatic rings. The van der Waals surface area contributed by atoms with Crippen LogP contribution in [0.4, 0.5) is 0 Å². The highest BCUT2D eigenvalue weighted by atomic mass is 32.1. The van der Waals surface area contributed by atoms with E-state index >= 15 is 0 Å². The Bertz CT molecular complexity index is 1270. The van der Waals surface area contributed by atoms with Gasteiger partial charge in [0.2, 0.25) is 0 Å². The van der Waals surface area contributed by atoms with Crippen molar-refractivity contribution in [1.82, 2.24) is 9.99 Å². The third-order valence-corrected chi connectivity index (χ3v) is 7.12. The van der Waals surface area contributed by atoms with Crippen molar-refractivity contribution >= 4 is 23.5 Å². The van der Waals surface area contributed by atoms with Crippen molar-refractivity contribution < 1.29 is 4.79 Å². The number of carbonyl (C=O) groups excluding carboxylic acids is 1. The number of nitrogens with zero attached hydrogens (tertiary/aromatic N) is 4. The predicted octanol–water partition coefficient (Wildman–Crippen LogP) is 4.66. The van der Waals surface area contributed by atoms with Crippen LogP contribution < -0.4 is 5.43 Å². The zero-order chi connectivity index (χ0) is 22.7. The van der Waals surface area contributed by atoms with Crippen LogP contribution in [-0.4, -0.2) is 16.7 Å². The smallest absolute Gasteiger partial charge is 0.261 e. The lowest BCUT2D eigenvalue weighted by Crippen LogP contribution is -2.24. The summed E-state index contributed by atoms with van der Waals surface area (Å²) in [6, 6.07) is 15.4. The summed E-state index contributed by atoms with van der Waals surface area (Å²) in [6.07, 6.45) is 5.90. The first-order valence-corrected chi connectivity index (χ1v) is 11.4. The number of benzene rings is 1. The van der Waals surface area contributed by atoms with E-state index in [2.05, 4.69) is 21.2 Å². The lowest BCUT2D eigenvalue weighted by atomic mass is 9.96. The van der Waals surface area contributed by atoms with Gasteiger partial charge in [0.25, 0.3) is 5.91 Å². The average Bonchev–Trinajstić information content (AvgIpc) is 3.30. The van der Waals surface area contributed by atoms with Gasteiger partial charge in [-0.15, -0.1) is 11.3 Å². The van der Waals surface area contributed by atoms with Crippen LogP contribution in [0.5, 0.6) is 0 Å². The third kappa shape index (κ3) is 3.95. The number of thiophene rings is 1. The standard InChI is InChI=1S/C25H23N5OS/c1-16-12-19(15-28-29-24(31)21(13-26)18-8-4-3-5-9-18)17(2)30(16)25-22(14-27)20-10-6-7-11-23(20)32-25/h3-5,8-9,12,15,21H,6-7,10-11H2,1-2H3,(H,29,31)/b28-15-/t21-/m0/s1. The second-order valence-corrected chi connectivity index (χ2v) is 8.96. The predicted molar refractivity (Wildman–Crippen MR) is 125 cm³/mol. The largest absolute Gasteiger partial charge is 0.308 e. The van der Waals surface area contributed by atoms with Gasteiger partial charge in [0.05, 0.1) is 17.8 Å². The topological polar surface area (TPSA) is 94.0 Å². The summed E-state index contributed by atoms with van der Waals surface area (Å²) in [5.41, 5.74) is 7.92. The van der Waals surface area contributed by atoms with Gasteiger partial charge < -0.3 is 4.57 Å². The minimum atomic E-state index is -0.920. The van der Waals surface area contributed by atoms with E-state index in [0.717, 1.165) is 46.8 Å². The van der Waals surface area contributed by atoms with Crippen molar-refractivity contribution in [3.8, 4) is 17.1 Å². The van der Waals surface area contributed by atoms with E-state index in [4.69, 9.17) is 0 Å². The minimum absolute atomic E-state index is 0.471. The van der Waals surface area contributed by atoms with Crippen molar-refractivity contribution in [2.75, 3.05) is 0 Å². The number of rotatable bonds is 5. The van der Waals surface area contributed by atoms with Crippen LogP contribution in [0.15, 0.2) is 41.5 Å². The first-order chi connectivity index (χ1) is 15.5. The Balaban J connectivity index is 1.58. The van der Waals surface area contributed by atoms with Gasteiger partial charge in [0, 0.05) is 21.8 Å². The molecule has 0 aliphatic heterocycles. The van der Waals surface area contributed by atoms with E-state index in [1.165, 1.54) is 16.9 Å². The maximum atomic E-state index is 12.5. The molecule has 1 aliphatic carbocycles. The fourth-order valence-electron chi connectivity index (χ4n) is 4.22. The molecule has 7 heteroatoms. The molecule has 160 valence electrons. The van der Waals surface area contributed by atoms with Crippen LogP contribution in [0.1, 0.15) is 57.3 Å². The molecule has 0 unspecified atom stereocenters. The normalized spacial score (nSPS) is 13.9. The summed E-state index contributed by atoms with van der Waals surface area (Å²) < 4.78 is 2.10. The van der Waals surface area contributed by atoms with Crippen molar-refractivity contribution in [2.24, 2.45) is 5.10 Å². The molecule has 0 spiro atoms. The average molecular weight is 442 g/mol. The van der Waals surface area contributed by atoms with Crippen LogP contribution in [0.2, 0.25) is 0 Å². The quantitative estimate of drug-likeness (QED) is 0.461. The lowest BCUT2D eigenvalue weighted by molar-refractivity contribution is -0.121. The fraction of sp³-hybridized carbons (Fsp3) is 0.280. The summed E-state index contributed by atoms with van der Waals surface area (Å²) in [5, 5.41) is 24.3. The van der Waals surface area contributed by atoms with Crippen LogP contribution in [0.3, 0.4) is 0 Å². The number of aryl methyl sites for hydroxylation is 2. The second kappa shape index (κ2) is 9.21. The summed E-state index contributed by atoms with van der Waals surface area (Å²) in [6.45, 7) is 3.99. The van der Waals surface area contributed by atoms with Gasteiger partial charge in [-0.1, -0.05) is 30.3 Å². The number of carbonyl (C=O) groups is 1. The molecule has 0 radical (unpaired) electrons. The van der Waals surface area contributed by atoms with E-state index in [9.17, 15) is 15.3 Å². The van der Waals surface area contributed by atoms with Crippen LogP contribution in [0.25, 0.3) is 5.00 Å². The summed E-state index contributed by atoms with van der Waals surface area (Å²) in [4.78, 5) is 13.8. The minimum Gasteiger partial charge on any atom is -0.308 e. The summed E-state index contributed by atoms with van der Waals surface area (Å²) >= 11 is 1.70. The summed E-state index contributed by atoms with van der Waals surface area (Å²) in [7, 11) is 0. The third-order valence-electron chi connectivity index (χ3n) is 5.84. The van der Waals surface area contributed by atoms with E-state index in [1.54, 1.807) is 41.8 Å². The molecule has 6 nitrogen and oxygen atoms in total. The molecule has 0 saturated heterocycles. The molecule has 4 rings (SSSR count). The maximum Gasteiger partial charge on any atom is 0.261 e. The summed E-state index contributed by atoms with van der Waals surface area (Å²) in [5.74, 6) is -1.39. The Labute approximate surface area is 191 Å². The molecule has 0 bridgehead atoms. The number of aromatic nitrogens is 1. The number of nitrogens with one attached hydrogen (secondary N) is 1. The molecule has 1 aromatic carbocycles. The highest BCUT2D eigenvalue weighted by Gasteiger charge is 2.24. The first kappa shape index (κ1) is 21.5. The fourth-order valence-corrected chi connectivity index (χ4v) is 5.67. The molecule has 0 fully saturated rings. The Morgan fingerprint density at radius 1 is 1.22 bits per heavy atom.